The van der Waals surface area contributed by atoms with E-state index in [1.165, 1.54) is 38.7 Å². The van der Waals surface area contributed by atoms with Gasteiger partial charge in [0.05, 0.1) is 9.82 Å². The number of carbonyl (C=O) groups is 1. The number of amides is 1. The zero-order valence-electron chi connectivity index (χ0n) is 17.8. The van der Waals surface area contributed by atoms with Gasteiger partial charge < -0.3 is 4.90 Å². The number of thioether (sulfide) groups is 1. The van der Waals surface area contributed by atoms with Crippen LogP contribution < -0.4 is 0 Å². The highest BCUT2D eigenvalue weighted by atomic mass is 32.2. The van der Waals surface area contributed by atoms with Gasteiger partial charge in [-0.2, -0.15) is 4.31 Å². The van der Waals surface area contributed by atoms with Gasteiger partial charge in [-0.25, -0.2) is 8.42 Å². The lowest BCUT2D eigenvalue weighted by Gasteiger charge is -2.34. The number of aryl methyl sites for hydroxylation is 2. The number of sulfonamides is 1. The number of carbonyl (C=O) groups excluding carboxylic acids is 1. The van der Waals surface area contributed by atoms with Crippen molar-refractivity contribution in [3.63, 3.8) is 0 Å². The van der Waals surface area contributed by atoms with Gasteiger partial charge in [0, 0.05) is 37.1 Å². The molecule has 2 aliphatic rings. The van der Waals surface area contributed by atoms with Crippen molar-refractivity contribution in [2.45, 2.75) is 35.5 Å². The summed E-state index contributed by atoms with van der Waals surface area (Å²) in [6, 6.07) is 9.87. The molecule has 4 rings (SSSR count). The third-order valence-corrected chi connectivity index (χ3v) is 8.73. The maximum atomic E-state index is 13.2. The minimum Gasteiger partial charge on any atom is -0.336 e. The summed E-state index contributed by atoms with van der Waals surface area (Å²) < 4.78 is 27.8. The van der Waals surface area contributed by atoms with Crippen molar-refractivity contribution in [3.05, 3.63) is 63.2 Å². The topological polar surface area (TPSA) is 101 Å². The maximum Gasteiger partial charge on any atom is 0.282 e. The molecule has 0 bridgehead atoms. The van der Waals surface area contributed by atoms with Gasteiger partial charge in [0.1, 0.15) is 5.56 Å². The number of piperazine rings is 1. The molecule has 1 amide bonds. The lowest BCUT2D eigenvalue weighted by Crippen LogP contribution is -2.50. The second-order valence-corrected chi connectivity index (χ2v) is 10.8. The second-order valence-electron chi connectivity index (χ2n) is 7.97. The number of hydrogen-bond donors (Lipinski definition) is 0. The van der Waals surface area contributed by atoms with Gasteiger partial charge in [-0.15, -0.1) is 11.8 Å². The normalized spacial score (nSPS) is 17.1. The van der Waals surface area contributed by atoms with E-state index in [0.717, 1.165) is 36.1 Å². The lowest BCUT2D eigenvalue weighted by atomic mass is 9.92. The van der Waals surface area contributed by atoms with Crippen LogP contribution in [0.15, 0.2) is 46.2 Å². The molecular weight excluding hydrogens is 450 g/mol. The smallest absolute Gasteiger partial charge is 0.282 e. The molecule has 0 atom stereocenters. The summed E-state index contributed by atoms with van der Waals surface area (Å²) in [6.07, 6.45) is 5.92. The molecule has 32 heavy (non-hydrogen) atoms. The number of rotatable bonds is 5. The first-order valence-corrected chi connectivity index (χ1v) is 13.2. The highest BCUT2D eigenvalue weighted by Crippen LogP contribution is 2.28. The van der Waals surface area contributed by atoms with E-state index >= 15 is 0 Å². The Morgan fingerprint density at radius 3 is 2.34 bits per heavy atom. The summed E-state index contributed by atoms with van der Waals surface area (Å²) in [5, 5.41) is 11.4. The number of benzene rings is 2. The molecule has 10 heteroatoms. The Bertz CT molecular complexity index is 1160. The van der Waals surface area contributed by atoms with E-state index in [0.29, 0.717) is 4.90 Å². The highest BCUT2D eigenvalue weighted by molar-refractivity contribution is 7.98. The number of nitrogens with zero attached hydrogens (tertiary/aromatic N) is 3. The number of nitro benzene ring substituents is 1. The molecule has 0 unspecified atom stereocenters. The average molecular weight is 476 g/mol. The highest BCUT2D eigenvalue weighted by Gasteiger charge is 2.33. The molecule has 1 fully saturated rings. The second kappa shape index (κ2) is 9.21. The Labute approximate surface area is 191 Å². The largest absolute Gasteiger partial charge is 0.336 e. The van der Waals surface area contributed by atoms with E-state index < -0.39 is 20.9 Å². The molecule has 0 N–H and O–H groups in total. The Morgan fingerprint density at radius 1 is 1.00 bits per heavy atom. The van der Waals surface area contributed by atoms with Gasteiger partial charge in [-0.05, 0) is 67.3 Å². The zero-order chi connectivity index (χ0) is 22.9. The van der Waals surface area contributed by atoms with Crippen molar-refractivity contribution in [1.29, 1.82) is 0 Å². The quantitative estimate of drug-likeness (QED) is 0.373. The van der Waals surface area contributed by atoms with E-state index in [-0.39, 0.29) is 37.4 Å². The van der Waals surface area contributed by atoms with Crippen molar-refractivity contribution in [2.24, 2.45) is 0 Å². The molecule has 2 aromatic rings. The maximum absolute atomic E-state index is 13.2. The van der Waals surface area contributed by atoms with Gasteiger partial charge in [0.2, 0.25) is 10.0 Å². The van der Waals surface area contributed by atoms with Crippen LogP contribution in [0.2, 0.25) is 0 Å². The van der Waals surface area contributed by atoms with Crippen LogP contribution >= 0.6 is 11.8 Å². The molecule has 1 saturated heterocycles. The first-order valence-electron chi connectivity index (χ1n) is 10.5. The van der Waals surface area contributed by atoms with Crippen molar-refractivity contribution in [1.82, 2.24) is 9.21 Å². The van der Waals surface area contributed by atoms with E-state index in [1.807, 2.05) is 12.3 Å². The van der Waals surface area contributed by atoms with Gasteiger partial charge in [0.25, 0.3) is 11.6 Å². The first-order chi connectivity index (χ1) is 15.3. The van der Waals surface area contributed by atoms with Crippen molar-refractivity contribution in [2.75, 3.05) is 32.4 Å². The third kappa shape index (κ3) is 4.39. The minimum absolute atomic E-state index is 0.0350. The molecule has 2 aromatic carbocycles. The standard InChI is InChI=1S/C22H25N3O5S2/c1-31-18-7-9-21(25(27)28)20(15-18)22(26)23-10-12-24(13-11-23)32(29,30)19-8-6-16-4-2-3-5-17(16)14-19/h6-9,14-15H,2-5,10-13H2,1H3. The van der Waals surface area contributed by atoms with Crippen molar-refractivity contribution in [3.8, 4) is 0 Å². The molecule has 0 saturated carbocycles. The summed E-state index contributed by atoms with van der Waals surface area (Å²) in [7, 11) is -3.66. The molecule has 0 radical (unpaired) electrons. The van der Waals surface area contributed by atoms with Gasteiger partial charge in [0.15, 0.2) is 0 Å². The van der Waals surface area contributed by atoms with Crippen LogP contribution in [0.1, 0.15) is 34.3 Å². The van der Waals surface area contributed by atoms with Crippen molar-refractivity contribution < 1.29 is 18.1 Å². The van der Waals surface area contributed by atoms with Crippen LogP contribution in [0.25, 0.3) is 0 Å². The summed E-state index contributed by atoms with van der Waals surface area (Å²) in [6.45, 7) is 0.676. The molecular formula is C22H25N3O5S2. The van der Waals surface area contributed by atoms with Gasteiger partial charge in [-0.1, -0.05) is 6.07 Å². The summed E-state index contributed by atoms with van der Waals surface area (Å²) in [5.74, 6) is -0.446. The first kappa shape index (κ1) is 22.8. The van der Waals surface area contributed by atoms with E-state index in [9.17, 15) is 23.3 Å². The fourth-order valence-corrected chi connectivity index (χ4v) is 6.21. The fourth-order valence-electron chi connectivity index (χ4n) is 4.29. The van der Waals surface area contributed by atoms with Crippen molar-refractivity contribution >= 4 is 33.4 Å². The fraction of sp³-hybridized carbons (Fsp3) is 0.409. The van der Waals surface area contributed by atoms with Crippen LogP contribution in [0.3, 0.4) is 0 Å². The van der Waals surface area contributed by atoms with Crippen LogP contribution in [0, 0.1) is 10.1 Å². The molecule has 170 valence electrons. The Kier molecular flexibility index (Phi) is 6.55. The molecule has 1 aliphatic heterocycles. The van der Waals surface area contributed by atoms with E-state index in [4.69, 9.17) is 0 Å². The molecule has 8 nitrogen and oxygen atoms in total. The summed E-state index contributed by atoms with van der Waals surface area (Å²) >= 11 is 1.40. The molecule has 0 aromatic heterocycles. The Balaban J connectivity index is 1.50. The summed E-state index contributed by atoms with van der Waals surface area (Å²) in [5.41, 5.74) is 2.12. The average Bonchev–Trinajstić information content (AvgIpc) is 2.82. The zero-order valence-corrected chi connectivity index (χ0v) is 19.5. The predicted octanol–water partition coefficient (Wildman–Crippen LogP) is 3.34. The Hall–Kier alpha value is -2.43. The van der Waals surface area contributed by atoms with Crippen LogP contribution in [0.4, 0.5) is 5.69 Å². The summed E-state index contributed by atoms with van der Waals surface area (Å²) in [4.78, 5) is 26.4. The number of nitro groups is 1. The minimum atomic E-state index is -3.66. The van der Waals surface area contributed by atoms with E-state index in [1.54, 1.807) is 18.2 Å². The lowest BCUT2D eigenvalue weighted by molar-refractivity contribution is -0.385. The number of hydrogen-bond acceptors (Lipinski definition) is 6. The van der Waals surface area contributed by atoms with Crippen LogP contribution in [-0.4, -0.2) is 60.9 Å². The third-order valence-electron chi connectivity index (χ3n) is 6.11. The predicted molar refractivity (Wildman–Crippen MR) is 123 cm³/mol. The van der Waals surface area contributed by atoms with Gasteiger partial charge in [-0.3, -0.25) is 14.9 Å². The molecule has 1 heterocycles. The van der Waals surface area contributed by atoms with Crippen LogP contribution in [0.5, 0.6) is 0 Å². The number of fused-ring (bicyclic) bond motifs is 1. The monoisotopic (exact) mass is 475 g/mol. The molecule has 1 aliphatic carbocycles. The van der Waals surface area contributed by atoms with Gasteiger partial charge >= 0.3 is 0 Å². The van der Waals surface area contributed by atoms with Crippen LogP contribution in [-0.2, 0) is 22.9 Å². The SMILES string of the molecule is CSc1ccc([N+](=O)[O-])c(C(=O)N2CCN(S(=O)(=O)c3ccc4c(c3)CCCC4)CC2)c1. The molecule has 0 spiro atoms. The Morgan fingerprint density at radius 2 is 1.69 bits per heavy atom. The van der Waals surface area contributed by atoms with E-state index in [2.05, 4.69) is 0 Å².